The Morgan fingerprint density at radius 2 is 1.36 bits per heavy atom. The van der Waals surface area contributed by atoms with Crippen LogP contribution < -0.4 is 18.9 Å². The molecule has 0 saturated heterocycles. The molecule has 2 aromatic carbocycles. The Bertz CT molecular complexity index is 817. The number of rotatable bonds is 4. The van der Waals surface area contributed by atoms with E-state index in [2.05, 4.69) is 93.8 Å². The Kier molecular flexibility index (Phi) is 6.37. The summed E-state index contributed by atoms with van der Waals surface area (Å²) in [5.41, 5.74) is 8.34. The van der Waals surface area contributed by atoms with Crippen molar-refractivity contribution in [1.82, 2.24) is 0 Å². The number of hydrogen-bond acceptors (Lipinski definition) is 0. The molecule has 0 aromatic heterocycles. The van der Waals surface area contributed by atoms with Gasteiger partial charge in [0.05, 0.1) is 0 Å². The van der Waals surface area contributed by atoms with Gasteiger partial charge >= 0.3 is 18.9 Å². The molecule has 120 valence electrons. The first-order valence-electron chi connectivity index (χ1n) is 8.30. The molecule has 3 rings (SSSR count). The minimum absolute atomic E-state index is 0. The molecule has 0 atom stereocenters. The van der Waals surface area contributed by atoms with Crippen LogP contribution in [-0.2, 0) is 0 Å². The Morgan fingerprint density at radius 3 is 1.92 bits per heavy atom. The van der Waals surface area contributed by atoms with Crippen molar-refractivity contribution in [1.29, 1.82) is 0 Å². The van der Waals surface area contributed by atoms with Crippen molar-refractivity contribution in [3.05, 3.63) is 114 Å². The molecular weight excluding hydrogens is 295 g/mol. The summed E-state index contributed by atoms with van der Waals surface area (Å²) in [5, 5.41) is 0. The fourth-order valence-corrected chi connectivity index (χ4v) is 2.90. The molecule has 0 aliphatic heterocycles. The van der Waals surface area contributed by atoms with Gasteiger partial charge in [-0.25, -0.2) is 0 Å². The van der Waals surface area contributed by atoms with Gasteiger partial charge in [-0.2, -0.15) is 6.58 Å². The Balaban J connectivity index is 0.00000225. The fraction of sp³-hybridized carbons (Fsp3) is 0.125. The maximum absolute atomic E-state index is 4.31. The first kappa shape index (κ1) is 19.2. The third-order valence-electron chi connectivity index (χ3n) is 4.55. The zero-order chi connectivity index (χ0) is 17.1. The summed E-state index contributed by atoms with van der Waals surface area (Å²) < 4.78 is 0. The van der Waals surface area contributed by atoms with E-state index in [0.29, 0.717) is 0 Å². The summed E-state index contributed by atoms with van der Waals surface area (Å²) in [7, 11) is 0. The Labute approximate surface area is 163 Å². The minimum atomic E-state index is 0. The van der Waals surface area contributed by atoms with E-state index in [0.717, 1.165) is 17.6 Å². The Morgan fingerprint density at radius 1 is 0.840 bits per heavy atom. The average Bonchev–Trinajstić information content (AvgIpc) is 2.62. The predicted molar refractivity (Wildman–Crippen MR) is 106 cm³/mol. The van der Waals surface area contributed by atoms with Gasteiger partial charge in [0.2, 0.25) is 0 Å². The third-order valence-corrected chi connectivity index (χ3v) is 4.55. The van der Waals surface area contributed by atoms with Gasteiger partial charge in [0, 0.05) is 0 Å². The molecule has 0 saturated carbocycles. The maximum atomic E-state index is 4.31. The topological polar surface area (TPSA) is 0 Å². The predicted octanol–water partition coefficient (Wildman–Crippen LogP) is 3.49. The standard InChI is InChI=1S/C24H23.Li/c1-17-8-12-21(13-9-17)19(3)23-6-5-7-24(16-23)20(4)22-14-10-18(2)11-15-22;/h5-15H,3-4,16H2,1-2H3;/q-1;+1. The summed E-state index contributed by atoms with van der Waals surface area (Å²) in [4.78, 5) is 0. The van der Waals surface area contributed by atoms with Crippen LogP contribution in [0.2, 0.25) is 0 Å². The molecule has 0 amide bonds. The second kappa shape index (κ2) is 8.30. The van der Waals surface area contributed by atoms with Crippen LogP contribution in [0.5, 0.6) is 0 Å². The van der Waals surface area contributed by atoms with E-state index < -0.39 is 0 Å². The summed E-state index contributed by atoms with van der Waals surface area (Å²) in [6.07, 6.45) is 7.30. The molecule has 0 spiro atoms. The molecule has 1 aliphatic carbocycles. The average molecular weight is 318 g/mol. The van der Waals surface area contributed by atoms with Crippen LogP contribution in [0.4, 0.5) is 0 Å². The molecule has 0 bridgehead atoms. The largest absolute Gasteiger partial charge is 1.00 e. The zero-order valence-electron chi connectivity index (χ0n) is 15.5. The summed E-state index contributed by atoms with van der Waals surface area (Å²) in [6, 6.07) is 17.1. The van der Waals surface area contributed by atoms with Crippen molar-refractivity contribution in [3.8, 4) is 0 Å². The van der Waals surface area contributed by atoms with Crippen LogP contribution in [0.3, 0.4) is 0 Å². The molecule has 0 heterocycles. The van der Waals surface area contributed by atoms with Crippen LogP contribution in [-0.4, -0.2) is 0 Å². The van der Waals surface area contributed by atoms with Crippen molar-refractivity contribution in [3.63, 3.8) is 0 Å². The van der Waals surface area contributed by atoms with Gasteiger partial charge in [0.25, 0.3) is 0 Å². The van der Waals surface area contributed by atoms with E-state index in [4.69, 9.17) is 0 Å². The van der Waals surface area contributed by atoms with Gasteiger partial charge in [0.1, 0.15) is 0 Å². The van der Waals surface area contributed by atoms with Crippen LogP contribution >= 0.6 is 0 Å². The van der Waals surface area contributed by atoms with Gasteiger partial charge in [-0.15, -0.1) is 29.7 Å². The maximum Gasteiger partial charge on any atom is 1.00 e. The van der Waals surface area contributed by atoms with Gasteiger partial charge < -0.3 is 0 Å². The van der Waals surface area contributed by atoms with Crippen LogP contribution in [0.15, 0.2) is 85.5 Å². The van der Waals surface area contributed by atoms with Crippen molar-refractivity contribution in [2.45, 2.75) is 20.3 Å². The molecule has 1 heteroatoms. The molecule has 0 unspecified atom stereocenters. The number of benzene rings is 2. The quantitative estimate of drug-likeness (QED) is 0.598. The molecule has 1 aliphatic rings. The summed E-state index contributed by atoms with van der Waals surface area (Å²) in [5.74, 6) is 1.25. The molecule has 0 nitrogen and oxygen atoms in total. The number of allylic oxidation sites excluding steroid dienone is 6. The number of aryl methyl sites for hydroxylation is 2. The minimum Gasteiger partial charge on any atom is -0.171 e. The van der Waals surface area contributed by atoms with E-state index in [-0.39, 0.29) is 18.9 Å². The number of hydrogen-bond donors (Lipinski definition) is 0. The third kappa shape index (κ3) is 4.49. The smallest absolute Gasteiger partial charge is 0.171 e. The monoisotopic (exact) mass is 318 g/mol. The fourth-order valence-electron chi connectivity index (χ4n) is 2.90. The van der Waals surface area contributed by atoms with Crippen molar-refractivity contribution >= 4 is 11.1 Å². The van der Waals surface area contributed by atoms with Crippen molar-refractivity contribution < 1.29 is 18.9 Å². The van der Waals surface area contributed by atoms with Gasteiger partial charge in [-0.3, -0.25) is 0 Å². The Hall–Kier alpha value is -2.13. The first-order chi connectivity index (χ1) is 11.5. The summed E-state index contributed by atoms with van der Waals surface area (Å²) >= 11 is 0. The molecule has 25 heavy (non-hydrogen) atoms. The molecular formula is C24H23Li. The second-order valence-corrected chi connectivity index (χ2v) is 6.44. The second-order valence-electron chi connectivity index (χ2n) is 6.44. The molecule has 0 fully saturated rings. The van der Waals surface area contributed by atoms with Crippen molar-refractivity contribution in [2.75, 3.05) is 0 Å². The van der Waals surface area contributed by atoms with E-state index in [1.807, 2.05) is 0 Å². The SMILES string of the molecule is C=C(C1=CC=C[C-](C(=C)c2ccc(C)cc2)C1)c1ccc(C)cc1.[Li+]. The van der Waals surface area contributed by atoms with Crippen LogP contribution in [0, 0.1) is 19.8 Å². The summed E-state index contributed by atoms with van der Waals surface area (Å²) in [6.45, 7) is 12.8. The van der Waals surface area contributed by atoms with E-state index in [9.17, 15) is 0 Å². The van der Waals surface area contributed by atoms with Crippen LogP contribution in [0.1, 0.15) is 28.7 Å². The van der Waals surface area contributed by atoms with E-state index in [1.165, 1.54) is 33.7 Å². The first-order valence-corrected chi connectivity index (χ1v) is 8.30. The molecule has 0 N–H and O–H groups in total. The van der Waals surface area contributed by atoms with Gasteiger partial charge in [-0.05, 0) is 31.4 Å². The van der Waals surface area contributed by atoms with E-state index >= 15 is 0 Å². The van der Waals surface area contributed by atoms with Gasteiger partial charge in [0.15, 0.2) is 0 Å². The molecule has 2 aromatic rings. The zero-order valence-corrected chi connectivity index (χ0v) is 15.5. The van der Waals surface area contributed by atoms with Gasteiger partial charge in [-0.1, -0.05) is 77.4 Å². The van der Waals surface area contributed by atoms with Crippen LogP contribution in [0.25, 0.3) is 11.1 Å². The normalized spacial score (nSPS) is 13.0. The van der Waals surface area contributed by atoms with Crippen molar-refractivity contribution in [2.24, 2.45) is 0 Å². The van der Waals surface area contributed by atoms with E-state index in [1.54, 1.807) is 0 Å². The molecule has 0 radical (unpaired) electrons.